The van der Waals surface area contributed by atoms with Crippen LogP contribution in [0, 0.1) is 5.92 Å². The maximum absolute atomic E-state index is 11.0. The number of rotatable bonds is 10. The second-order valence-electron chi connectivity index (χ2n) is 4.12. The standard InChI is InChI=1S/C13H24O4/c1-5-12(4)10-16-7-6-15-8-9-17-13(14)11(2)3/h12H,2,5-10H2,1,3-4H3. The molecule has 0 radical (unpaired) electrons. The molecule has 0 fully saturated rings. The Labute approximate surface area is 104 Å². The minimum atomic E-state index is -0.373. The van der Waals surface area contributed by atoms with Gasteiger partial charge < -0.3 is 14.2 Å². The van der Waals surface area contributed by atoms with Crippen LogP contribution < -0.4 is 0 Å². The van der Waals surface area contributed by atoms with E-state index >= 15 is 0 Å². The molecule has 4 nitrogen and oxygen atoms in total. The fraction of sp³-hybridized carbons (Fsp3) is 0.769. The van der Waals surface area contributed by atoms with E-state index in [2.05, 4.69) is 20.4 Å². The minimum Gasteiger partial charge on any atom is -0.460 e. The first-order chi connectivity index (χ1) is 8.07. The molecule has 0 amide bonds. The number of hydrogen-bond donors (Lipinski definition) is 0. The molecule has 0 aliphatic heterocycles. The molecule has 0 spiro atoms. The number of ether oxygens (including phenoxy) is 3. The summed E-state index contributed by atoms with van der Waals surface area (Å²) in [4.78, 5) is 11.0. The predicted molar refractivity (Wildman–Crippen MR) is 66.9 cm³/mol. The fourth-order valence-corrected chi connectivity index (χ4v) is 0.939. The zero-order valence-electron chi connectivity index (χ0n) is 11.2. The summed E-state index contributed by atoms with van der Waals surface area (Å²) >= 11 is 0. The van der Waals surface area contributed by atoms with E-state index in [1.54, 1.807) is 6.92 Å². The van der Waals surface area contributed by atoms with Gasteiger partial charge in [0, 0.05) is 12.2 Å². The van der Waals surface area contributed by atoms with Crippen LogP contribution in [0.3, 0.4) is 0 Å². The lowest BCUT2D eigenvalue weighted by atomic mass is 10.1. The van der Waals surface area contributed by atoms with Crippen molar-refractivity contribution in [2.75, 3.05) is 33.0 Å². The van der Waals surface area contributed by atoms with E-state index in [1.807, 2.05) is 0 Å². The largest absolute Gasteiger partial charge is 0.460 e. The topological polar surface area (TPSA) is 44.8 Å². The highest BCUT2D eigenvalue weighted by atomic mass is 16.6. The van der Waals surface area contributed by atoms with Gasteiger partial charge in [-0.15, -0.1) is 0 Å². The van der Waals surface area contributed by atoms with Gasteiger partial charge >= 0.3 is 5.97 Å². The van der Waals surface area contributed by atoms with Crippen molar-refractivity contribution in [3.63, 3.8) is 0 Å². The van der Waals surface area contributed by atoms with Crippen LogP contribution in [0.1, 0.15) is 27.2 Å². The molecule has 0 rings (SSSR count). The van der Waals surface area contributed by atoms with Crippen molar-refractivity contribution in [2.24, 2.45) is 5.92 Å². The molecule has 0 bridgehead atoms. The molecule has 0 heterocycles. The molecule has 4 heteroatoms. The summed E-state index contributed by atoms with van der Waals surface area (Å²) in [6.07, 6.45) is 1.12. The normalized spacial score (nSPS) is 12.2. The Balaban J connectivity index is 3.19. The van der Waals surface area contributed by atoms with E-state index in [1.165, 1.54) is 0 Å². The van der Waals surface area contributed by atoms with Gasteiger partial charge in [0.25, 0.3) is 0 Å². The Bertz CT molecular complexity index is 225. The molecular formula is C13H24O4. The van der Waals surface area contributed by atoms with Gasteiger partial charge in [0.05, 0.1) is 19.8 Å². The molecular weight excluding hydrogens is 220 g/mol. The molecule has 1 atom stereocenters. The Morgan fingerprint density at radius 1 is 1.18 bits per heavy atom. The highest BCUT2D eigenvalue weighted by Crippen LogP contribution is 2.00. The zero-order valence-corrected chi connectivity index (χ0v) is 11.2. The highest BCUT2D eigenvalue weighted by Gasteiger charge is 2.02. The minimum absolute atomic E-state index is 0.261. The van der Waals surface area contributed by atoms with E-state index in [0.29, 0.717) is 31.3 Å². The molecule has 1 unspecified atom stereocenters. The molecule has 0 aromatic carbocycles. The van der Waals surface area contributed by atoms with Gasteiger partial charge in [0.2, 0.25) is 0 Å². The quantitative estimate of drug-likeness (QED) is 0.336. The average Bonchev–Trinajstić information content (AvgIpc) is 2.31. The van der Waals surface area contributed by atoms with E-state index in [4.69, 9.17) is 14.2 Å². The average molecular weight is 244 g/mol. The van der Waals surface area contributed by atoms with Crippen LogP contribution in [0.15, 0.2) is 12.2 Å². The van der Waals surface area contributed by atoms with Gasteiger partial charge in [-0.3, -0.25) is 0 Å². The van der Waals surface area contributed by atoms with E-state index < -0.39 is 0 Å². The van der Waals surface area contributed by atoms with Crippen molar-refractivity contribution in [3.05, 3.63) is 12.2 Å². The smallest absolute Gasteiger partial charge is 0.333 e. The zero-order chi connectivity index (χ0) is 13.1. The summed E-state index contributed by atoms with van der Waals surface area (Å²) in [5.41, 5.74) is 0.405. The third-order valence-electron chi connectivity index (χ3n) is 2.28. The molecule has 0 saturated carbocycles. The van der Waals surface area contributed by atoms with Gasteiger partial charge in [0.15, 0.2) is 0 Å². The Morgan fingerprint density at radius 3 is 2.35 bits per heavy atom. The van der Waals surface area contributed by atoms with Gasteiger partial charge in [0.1, 0.15) is 6.61 Å². The SMILES string of the molecule is C=C(C)C(=O)OCCOCCOCC(C)CC. The maximum atomic E-state index is 11.0. The maximum Gasteiger partial charge on any atom is 0.333 e. The number of esters is 1. The van der Waals surface area contributed by atoms with Crippen LogP contribution >= 0.6 is 0 Å². The van der Waals surface area contributed by atoms with Gasteiger partial charge in [-0.2, -0.15) is 0 Å². The van der Waals surface area contributed by atoms with Crippen LogP contribution in [0.5, 0.6) is 0 Å². The first kappa shape index (κ1) is 16.1. The lowest BCUT2D eigenvalue weighted by molar-refractivity contribution is -0.140. The van der Waals surface area contributed by atoms with E-state index in [-0.39, 0.29) is 12.6 Å². The summed E-state index contributed by atoms with van der Waals surface area (Å²) in [5, 5.41) is 0. The molecule has 100 valence electrons. The summed E-state index contributed by atoms with van der Waals surface area (Å²) in [5.74, 6) is 0.216. The lowest BCUT2D eigenvalue weighted by Gasteiger charge is -2.09. The second-order valence-corrected chi connectivity index (χ2v) is 4.12. The van der Waals surface area contributed by atoms with Crippen molar-refractivity contribution >= 4 is 5.97 Å². The number of carbonyl (C=O) groups is 1. The summed E-state index contributed by atoms with van der Waals surface area (Å²) in [6, 6.07) is 0. The summed E-state index contributed by atoms with van der Waals surface area (Å²) in [7, 11) is 0. The molecule has 0 N–H and O–H groups in total. The lowest BCUT2D eigenvalue weighted by Crippen LogP contribution is -2.14. The molecule has 17 heavy (non-hydrogen) atoms. The Morgan fingerprint density at radius 2 is 1.76 bits per heavy atom. The monoisotopic (exact) mass is 244 g/mol. The summed E-state index contributed by atoms with van der Waals surface area (Å²) in [6.45, 7) is 11.9. The van der Waals surface area contributed by atoms with Crippen molar-refractivity contribution in [3.8, 4) is 0 Å². The Kier molecular flexibility index (Phi) is 9.77. The van der Waals surface area contributed by atoms with E-state index in [0.717, 1.165) is 13.0 Å². The first-order valence-corrected chi connectivity index (χ1v) is 6.06. The van der Waals surface area contributed by atoms with Crippen molar-refractivity contribution in [2.45, 2.75) is 27.2 Å². The number of carbonyl (C=O) groups excluding carboxylic acids is 1. The summed E-state index contributed by atoms with van der Waals surface area (Å²) < 4.78 is 15.5. The second kappa shape index (κ2) is 10.3. The molecule has 0 aliphatic carbocycles. The fourth-order valence-electron chi connectivity index (χ4n) is 0.939. The van der Waals surface area contributed by atoms with Gasteiger partial charge in [-0.1, -0.05) is 26.8 Å². The molecule has 0 saturated heterocycles. The van der Waals surface area contributed by atoms with Crippen molar-refractivity contribution in [1.82, 2.24) is 0 Å². The van der Waals surface area contributed by atoms with Crippen LogP contribution in [-0.2, 0) is 19.0 Å². The highest BCUT2D eigenvalue weighted by molar-refractivity contribution is 5.86. The van der Waals surface area contributed by atoms with Gasteiger partial charge in [-0.25, -0.2) is 4.79 Å². The number of hydrogen-bond acceptors (Lipinski definition) is 4. The van der Waals surface area contributed by atoms with Crippen LogP contribution in [0.25, 0.3) is 0 Å². The van der Waals surface area contributed by atoms with Crippen molar-refractivity contribution in [1.29, 1.82) is 0 Å². The van der Waals surface area contributed by atoms with Crippen molar-refractivity contribution < 1.29 is 19.0 Å². The third-order valence-corrected chi connectivity index (χ3v) is 2.28. The van der Waals surface area contributed by atoms with Gasteiger partial charge in [-0.05, 0) is 12.8 Å². The van der Waals surface area contributed by atoms with E-state index in [9.17, 15) is 4.79 Å². The molecule has 0 aromatic heterocycles. The predicted octanol–water partition coefficient (Wildman–Crippen LogP) is 2.18. The Hall–Kier alpha value is -0.870. The molecule has 0 aliphatic rings. The van der Waals surface area contributed by atoms with Crippen LogP contribution in [0.2, 0.25) is 0 Å². The molecule has 0 aromatic rings. The van der Waals surface area contributed by atoms with Crippen LogP contribution in [-0.4, -0.2) is 39.0 Å². The first-order valence-electron chi connectivity index (χ1n) is 6.06. The third kappa shape index (κ3) is 10.0. The van der Waals surface area contributed by atoms with Crippen LogP contribution in [0.4, 0.5) is 0 Å².